The summed E-state index contributed by atoms with van der Waals surface area (Å²) in [5.41, 5.74) is 5.42. The van der Waals surface area contributed by atoms with Gasteiger partial charge in [0.25, 0.3) is 0 Å². The molecular weight excluding hydrogens is 185 g/mol. The zero-order valence-corrected chi connectivity index (χ0v) is 8.25. The first-order valence-corrected chi connectivity index (χ1v) is 4.27. The zero-order valence-electron chi connectivity index (χ0n) is 8.25. The zero-order chi connectivity index (χ0) is 10.8. The Balaban J connectivity index is 3.12. The van der Waals surface area contributed by atoms with Crippen molar-refractivity contribution in [1.82, 2.24) is 0 Å². The Morgan fingerprint density at radius 3 is 2.64 bits per heavy atom. The van der Waals surface area contributed by atoms with Crippen molar-refractivity contribution in [3.8, 4) is 5.75 Å². The Labute approximate surface area is 82.3 Å². The normalized spacial score (nSPS) is 15.1. The molecule has 3 nitrogen and oxygen atoms in total. The Morgan fingerprint density at radius 1 is 1.57 bits per heavy atom. The summed E-state index contributed by atoms with van der Waals surface area (Å²) in [5, 5.41) is 9.01. The lowest BCUT2D eigenvalue weighted by atomic mass is 9.96. The van der Waals surface area contributed by atoms with Gasteiger partial charge in [0.1, 0.15) is 5.60 Å². The van der Waals surface area contributed by atoms with Crippen molar-refractivity contribution in [3.05, 3.63) is 29.6 Å². The van der Waals surface area contributed by atoms with E-state index in [1.807, 2.05) is 0 Å². The summed E-state index contributed by atoms with van der Waals surface area (Å²) in [7, 11) is 1.51. The van der Waals surface area contributed by atoms with Crippen molar-refractivity contribution < 1.29 is 14.2 Å². The number of nitrogens with two attached hydrogens (primary N) is 1. The van der Waals surface area contributed by atoms with Gasteiger partial charge >= 0.3 is 0 Å². The third-order valence-electron chi connectivity index (χ3n) is 2.40. The topological polar surface area (TPSA) is 55.5 Å². The summed E-state index contributed by atoms with van der Waals surface area (Å²) >= 11 is 0. The van der Waals surface area contributed by atoms with E-state index < -0.39 is 11.4 Å². The van der Waals surface area contributed by atoms with Gasteiger partial charge in [-0.3, -0.25) is 0 Å². The molecule has 0 aliphatic heterocycles. The second-order valence-electron chi connectivity index (χ2n) is 3.31. The maximum absolute atomic E-state index is 13.0. The first-order valence-electron chi connectivity index (χ1n) is 4.27. The number of rotatable bonds is 3. The van der Waals surface area contributed by atoms with Crippen LogP contribution in [0.3, 0.4) is 0 Å². The van der Waals surface area contributed by atoms with Crippen molar-refractivity contribution >= 4 is 0 Å². The van der Waals surface area contributed by atoms with Gasteiger partial charge in [-0.2, -0.15) is 0 Å². The molecule has 78 valence electrons. The highest BCUT2D eigenvalue weighted by atomic mass is 19.1. The van der Waals surface area contributed by atoms with Crippen LogP contribution in [0.2, 0.25) is 0 Å². The van der Waals surface area contributed by atoms with Gasteiger partial charge in [-0.05, 0) is 24.6 Å². The lowest BCUT2D eigenvalue weighted by Crippen LogP contribution is -2.33. The van der Waals surface area contributed by atoms with Crippen molar-refractivity contribution in [2.45, 2.75) is 12.5 Å². The van der Waals surface area contributed by atoms with E-state index in [2.05, 4.69) is 0 Å². The lowest BCUT2D eigenvalue weighted by Gasteiger charge is -2.26. The van der Waals surface area contributed by atoms with Gasteiger partial charge < -0.3 is 15.6 Å². The predicted molar refractivity (Wildman–Crippen MR) is 51.5 cm³/mol. The summed E-state index contributed by atoms with van der Waals surface area (Å²) in [6.45, 7) is 2.01. The molecule has 1 rings (SSSR count). The van der Waals surface area contributed by atoms with Crippen LogP contribution in [0.15, 0.2) is 18.2 Å². The molecular formula is C10H14FNO2. The fraction of sp³-hybridized carbons (Fsp3) is 0.400. The molecule has 0 amide bonds. The minimum Gasteiger partial charge on any atom is -0.505 e. The monoisotopic (exact) mass is 199 g/mol. The van der Waals surface area contributed by atoms with E-state index in [4.69, 9.17) is 15.6 Å². The molecule has 0 spiro atoms. The van der Waals surface area contributed by atoms with Gasteiger partial charge in [-0.1, -0.05) is 6.07 Å². The molecule has 4 heteroatoms. The highest BCUT2D eigenvalue weighted by Gasteiger charge is 2.25. The van der Waals surface area contributed by atoms with E-state index in [1.54, 1.807) is 13.0 Å². The van der Waals surface area contributed by atoms with Crippen LogP contribution in [0.25, 0.3) is 0 Å². The number of methoxy groups -OCH3 is 1. The van der Waals surface area contributed by atoms with Crippen LogP contribution >= 0.6 is 0 Å². The molecule has 0 fully saturated rings. The number of halogens is 1. The maximum Gasteiger partial charge on any atom is 0.165 e. The number of benzene rings is 1. The molecule has 0 aromatic heterocycles. The van der Waals surface area contributed by atoms with E-state index >= 15 is 0 Å². The molecule has 14 heavy (non-hydrogen) atoms. The van der Waals surface area contributed by atoms with Gasteiger partial charge in [-0.25, -0.2) is 4.39 Å². The second-order valence-corrected chi connectivity index (χ2v) is 3.31. The molecule has 1 atom stereocenters. The highest BCUT2D eigenvalue weighted by Crippen LogP contribution is 2.26. The van der Waals surface area contributed by atoms with Crippen LogP contribution in [-0.4, -0.2) is 18.8 Å². The van der Waals surface area contributed by atoms with Crippen LogP contribution in [0.4, 0.5) is 4.39 Å². The number of phenolic OH excluding ortho intramolecular Hbond substituents is 1. The van der Waals surface area contributed by atoms with Crippen LogP contribution < -0.4 is 5.73 Å². The Hall–Kier alpha value is -1.13. The molecule has 0 saturated carbocycles. The van der Waals surface area contributed by atoms with Gasteiger partial charge in [0.15, 0.2) is 11.6 Å². The summed E-state index contributed by atoms with van der Waals surface area (Å²) in [6, 6.07) is 4.11. The number of hydrogen-bond donors (Lipinski definition) is 2. The SMILES string of the molecule is COC(C)(CN)c1ccc(O)c(F)c1. The van der Waals surface area contributed by atoms with Crippen molar-refractivity contribution in [1.29, 1.82) is 0 Å². The maximum atomic E-state index is 13.0. The van der Waals surface area contributed by atoms with E-state index in [0.29, 0.717) is 5.56 Å². The second kappa shape index (κ2) is 3.94. The molecule has 1 unspecified atom stereocenters. The standard InChI is InChI=1S/C10H14FNO2/c1-10(6-12,14-2)7-3-4-9(13)8(11)5-7/h3-5,13H,6,12H2,1-2H3. The lowest BCUT2D eigenvalue weighted by molar-refractivity contribution is 0.00979. The third kappa shape index (κ3) is 1.86. The van der Waals surface area contributed by atoms with Crippen LogP contribution in [0.5, 0.6) is 5.75 Å². The summed E-state index contributed by atoms with van der Waals surface area (Å²) < 4.78 is 18.2. The molecule has 3 N–H and O–H groups in total. The molecule has 1 aromatic carbocycles. The molecule has 0 aliphatic carbocycles. The van der Waals surface area contributed by atoms with Gasteiger partial charge in [0.2, 0.25) is 0 Å². The first kappa shape index (κ1) is 10.9. The number of aromatic hydroxyl groups is 1. The number of phenols is 1. The van der Waals surface area contributed by atoms with Crippen molar-refractivity contribution in [2.24, 2.45) is 5.73 Å². The highest BCUT2D eigenvalue weighted by molar-refractivity contribution is 5.31. The molecule has 0 bridgehead atoms. The van der Waals surface area contributed by atoms with E-state index in [-0.39, 0.29) is 12.3 Å². The summed E-state index contributed by atoms with van der Waals surface area (Å²) in [4.78, 5) is 0. The average molecular weight is 199 g/mol. The van der Waals surface area contributed by atoms with Gasteiger partial charge in [0.05, 0.1) is 0 Å². The Morgan fingerprint density at radius 2 is 2.21 bits per heavy atom. The van der Waals surface area contributed by atoms with E-state index in [1.165, 1.54) is 19.2 Å². The summed E-state index contributed by atoms with van der Waals surface area (Å²) in [6.07, 6.45) is 0. The largest absolute Gasteiger partial charge is 0.505 e. The quantitative estimate of drug-likeness (QED) is 0.772. The Kier molecular flexibility index (Phi) is 3.08. The molecule has 0 aliphatic rings. The van der Waals surface area contributed by atoms with Gasteiger partial charge in [0, 0.05) is 13.7 Å². The van der Waals surface area contributed by atoms with E-state index in [9.17, 15) is 4.39 Å². The van der Waals surface area contributed by atoms with E-state index in [0.717, 1.165) is 0 Å². The minimum absolute atomic E-state index is 0.244. The van der Waals surface area contributed by atoms with Gasteiger partial charge in [-0.15, -0.1) is 0 Å². The Bertz CT molecular complexity index is 324. The fourth-order valence-electron chi connectivity index (χ4n) is 1.15. The minimum atomic E-state index is -0.714. The van der Waals surface area contributed by atoms with Crippen molar-refractivity contribution in [3.63, 3.8) is 0 Å². The van der Waals surface area contributed by atoms with Crippen molar-refractivity contribution in [2.75, 3.05) is 13.7 Å². The van der Waals surface area contributed by atoms with Crippen LogP contribution in [0, 0.1) is 5.82 Å². The summed E-state index contributed by atoms with van der Waals surface area (Å²) in [5.74, 6) is -1.04. The molecule has 0 heterocycles. The average Bonchev–Trinajstić information content (AvgIpc) is 2.21. The van der Waals surface area contributed by atoms with Crippen LogP contribution in [0.1, 0.15) is 12.5 Å². The molecule has 1 aromatic rings. The fourth-order valence-corrected chi connectivity index (χ4v) is 1.15. The molecule has 0 saturated heterocycles. The van der Waals surface area contributed by atoms with Crippen LogP contribution in [-0.2, 0) is 10.3 Å². The number of hydrogen-bond acceptors (Lipinski definition) is 3. The third-order valence-corrected chi connectivity index (χ3v) is 2.40. The number of ether oxygens (including phenoxy) is 1. The smallest absolute Gasteiger partial charge is 0.165 e. The predicted octanol–water partition coefficient (Wildman–Crippen LogP) is 1.35. The molecule has 0 radical (unpaired) electrons. The first-order chi connectivity index (χ1) is 6.53.